The first kappa shape index (κ1) is 43.1. The Morgan fingerprint density at radius 2 is 1.11 bits per heavy atom. The summed E-state index contributed by atoms with van der Waals surface area (Å²) in [5.74, 6) is 0. The smallest absolute Gasteiger partial charge is 0.0664 e. The Labute approximate surface area is 419 Å². The lowest BCUT2D eigenvalue weighted by atomic mass is 9.63. The molecule has 0 atom stereocenters. The van der Waals surface area contributed by atoms with E-state index >= 15 is 0 Å². The van der Waals surface area contributed by atoms with E-state index in [1.807, 2.05) is 0 Å². The Bertz CT molecular complexity index is 3440. The van der Waals surface area contributed by atoms with E-state index in [4.69, 9.17) is 0 Å². The van der Waals surface area contributed by atoms with Crippen molar-refractivity contribution in [3.63, 3.8) is 0 Å². The molecule has 8 aromatic carbocycles. The second kappa shape index (κ2) is 18.1. The Kier molecular flexibility index (Phi) is 11.0. The Hall–Kier alpha value is -8.00. The minimum atomic E-state index is -0.364. The molecule has 0 aliphatic heterocycles. The highest BCUT2D eigenvalue weighted by Gasteiger charge is 2.47. The fraction of sp³-hybridized carbons (Fsp3) is 0.143. The maximum absolute atomic E-state index is 2.52. The molecule has 0 unspecified atom stereocenters. The van der Waals surface area contributed by atoms with Crippen LogP contribution in [0.2, 0.25) is 0 Å². The normalized spacial score (nSPS) is 16.2. The molecule has 1 heteroatoms. The molecule has 0 N–H and O–H groups in total. The third-order valence-corrected chi connectivity index (χ3v) is 16.2. The number of hydrogen-bond acceptors (Lipinski definition) is 1. The first-order chi connectivity index (χ1) is 35.1. The van der Waals surface area contributed by atoms with Gasteiger partial charge < -0.3 is 4.90 Å². The van der Waals surface area contributed by atoms with Gasteiger partial charge >= 0.3 is 0 Å². The predicted molar refractivity (Wildman–Crippen MR) is 299 cm³/mol. The molecule has 8 aromatic rings. The third kappa shape index (κ3) is 7.54. The summed E-state index contributed by atoms with van der Waals surface area (Å²) in [6, 6.07) is 73.3. The quantitative estimate of drug-likeness (QED) is 0.0976. The van der Waals surface area contributed by atoms with Crippen LogP contribution in [0.1, 0.15) is 98.9 Å². The van der Waals surface area contributed by atoms with Crippen molar-refractivity contribution < 1.29 is 0 Å². The van der Waals surface area contributed by atoms with Crippen molar-refractivity contribution in [3.05, 3.63) is 309 Å². The zero-order valence-electron chi connectivity index (χ0n) is 40.3. The van der Waals surface area contributed by atoms with E-state index in [2.05, 4.69) is 254 Å². The zero-order valence-corrected chi connectivity index (χ0v) is 40.3. The summed E-state index contributed by atoms with van der Waals surface area (Å²) in [6.45, 7) is 0. The Morgan fingerprint density at radius 3 is 1.79 bits per heavy atom. The van der Waals surface area contributed by atoms with Crippen molar-refractivity contribution in [3.8, 4) is 11.1 Å². The van der Waals surface area contributed by atoms with Crippen LogP contribution in [-0.2, 0) is 30.1 Å². The van der Waals surface area contributed by atoms with E-state index in [0.717, 1.165) is 51.4 Å². The highest BCUT2D eigenvalue weighted by Crippen LogP contribution is 2.57. The SMILES string of the molecule is C1=CCCC(C(c2ccccc2)(c2ccccc2)c2ccc(C3=Cc4ccc(/C=C/c5ccc6c(c5)C5(Cc7ccccc7C5)c5cc(N(C7=CCCC=C7)c7ccccc7)ccc5-6)cc4CC3)cc2)=C1. The van der Waals surface area contributed by atoms with Crippen LogP contribution in [0.3, 0.4) is 0 Å². The number of nitrogens with zero attached hydrogens (tertiary/aromatic N) is 1. The first-order valence-electron chi connectivity index (χ1n) is 25.8. The average molecular weight is 912 g/mol. The molecule has 5 aliphatic carbocycles. The third-order valence-electron chi connectivity index (χ3n) is 16.2. The molecule has 5 aliphatic rings. The van der Waals surface area contributed by atoms with Crippen LogP contribution < -0.4 is 4.90 Å². The molecule has 1 nitrogen and oxygen atoms in total. The number of allylic oxidation sites excluding steroid dienone is 8. The summed E-state index contributed by atoms with van der Waals surface area (Å²) in [7, 11) is 0. The molecule has 1 spiro atoms. The van der Waals surface area contributed by atoms with Crippen molar-refractivity contribution in [2.45, 2.75) is 62.2 Å². The summed E-state index contributed by atoms with van der Waals surface area (Å²) >= 11 is 0. The maximum Gasteiger partial charge on any atom is 0.0664 e. The molecule has 0 bridgehead atoms. The second-order valence-corrected chi connectivity index (χ2v) is 20.2. The lowest BCUT2D eigenvalue weighted by molar-refractivity contribution is 0.563. The van der Waals surface area contributed by atoms with Crippen LogP contribution in [0.5, 0.6) is 0 Å². The van der Waals surface area contributed by atoms with Gasteiger partial charge in [-0.15, -0.1) is 0 Å². The molecule has 0 saturated carbocycles. The summed E-state index contributed by atoms with van der Waals surface area (Å²) in [5.41, 5.74) is 25.1. The molecular formula is C70H57N. The minimum Gasteiger partial charge on any atom is -0.311 e. The van der Waals surface area contributed by atoms with E-state index < -0.39 is 0 Å². The van der Waals surface area contributed by atoms with Gasteiger partial charge in [-0.3, -0.25) is 0 Å². The molecule has 342 valence electrons. The van der Waals surface area contributed by atoms with Gasteiger partial charge in [-0.25, -0.2) is 0 Å². The van der Waals surface area contributed by atoms with Crippen LogP contribution in [0.4, 0.5) is 11.4 Å². The number of aryl methyl sites for hydroxylation is 1. The largest absolute Gasteiger partial charge is 0.311 e. The molecule has 0 aromatic heterocycles. The number of benzene rings is 8. The predicted octanol–water partition coefficient (Wildman–Crippen LogP) is 17.4. The lowest BCUT2D eigenvalue weighted by Crippen LogP contribution is -2.32. The fourth-order valence-electron chi connectivity index (χ4n) is 12.8. The van der Waals surface area contributed by atoms with Crippen molar-refractivity contribution in [1.29, 1.82) is 0 Å². The van der Waals surface area contributed by atoms with Gasteiger partial charge in [-0.2, -0.15) is 0 Å². The lowest BCUT2D eigenvalue weighted by Gasteiger charge is -2.39. The van der Waals surface area contributed by atoms with Crippen LogP contribution >= 0.6 is 0 Å². The van der Waals surface area contributed by atoms with Crippen molar-refractivity contribution in [2.75, 3.05) is 4.90 Å². The van der Waals surface area contributed by atoms with Gasteiger partial charge in [0.2, 0.25) is 0 Å². The van der Waals surface area contributed by atoms with E-state index in [-0.39, 0.29) is 10.8 Å². The number of fused-ring (bicyclic) bond motifs is 7. The molecule has 13 rings (SSSR count). The summed E-state index contributed by atoms with van der Waals surface area (Å²) in [5, 5.41) is 0. The zero-order chi connectivity index (χ0) is 47.2. The van der Waals surface area contributed by atoms with Crippen LogP contribution in [0.25, 0.3) is 34.9 Å². The van der Waals surface area contributed by atoms with Gasteiger partial charge in [-0.1, -0.05) is 224 Å². The molecule has 0 radical (unpaired) electrons. The molecular weight excluding hydrogens is 855 g/mol. The highest BCUT2D eigenvalue weighted by molar-refractivity contribution is 5.88. The highest BCUT2D eigenvalue weighted by atomic mass is 15.1. The number of rotatable bonds is 10. The Morgan fingerprint density at radius 1 is 0.479 bits per heavy atom. The van der Waals surface area contributed by atoms with Crippen molar-refractivity contribution in [2.24, 2.45) is 0 Å². The van der Waals surface area contributed by atoms with E-state index in [0.29, 0.717) is 0 Å². The average Bonchev–Trinajstić information content (AvgIpc) is 3.96. The summed E-state index contributed by atoms with van der Waals surface area (Å²) in [4.78, 5) is 2.45. The van der Waals surface area contributed by atoms with Gasteiger partial charge in [0.05, 0.1) is 5.41 Å². The van der Waals surface area contributed by atoms with E-state index in [1.54, 1.807) is 0 Å². The molecule has 0 saturated heterocycles. The molecule has 71 heavy (non-hydrogen) atoms. The monoisotopic (exact) mass is 911 g/mol. The maximum atomic E-state index is 2.52. The minimum absolute atomic E-state index is 0.124. The van der Waals surface area contributed by atoms with Gasteiger partial charge in [0.25, 0.3) is 0 Å². The van der Waals surface area contributed by atoms with Gasteiger partial charge in [-0.05, 0) is 165 Å². The molecule has 0 amide bonds. The van der Waals surface area contributed by atoms with Crippen LogP contribution in [0, 0.1) is 0 Å². The fourth-order valence-corrected chi connectivity index (χ4v) is 12.8. The standard InChI is InChI=1S/C70H57N/c1-6-20-58(21-7-1)70(59-22-8-2-9-23-59,60-24-10-3-11-25-60)61-39-37-52(38-40-61)54-36-35-53-44-50(32-34-55(53)46-54)30-31-51-33-42-65-66-43-41-64(71(62-26-12-4-13-27-62)63-28-14-5-15-29-63)47-68(66)69(67(65)45-51)48-56-18-16-17-19-57(56)49-69/h1-4,6-10,12-14,16-24,26-34,37-47H,5,11,15,25,35-36,48-49H2/b31-30+. The van der Waals surface area contributed by atoms with Crippen molar-refractivity contribution in [1.82, 2.24) is 0 Å². The van der Waals surface area contributed by atoms with Crippen LogP contribution in [-0.4, -0.2) is 0 Å². The van der Waals surface area contributed by atoms with Gasteiger partial charge in [0, 0.05) is 22.5 Å². The van der Waals surface area contributed by atoms with Gasteiger partial charge in [0.1, 0.15) is 0 Å². The number of anilines is 2. The Balaban J connectivity index is 0.796. The van der Waals surface area contributed by atoms with Crippen LogP contribution in [0.15, 0.2) is 242 Å². The molecule has 0 fully saturated rings. The van der Waals surface area contributed by atoms with E-state index in [1.165, 1.54) is 106 Å². The number of para-hydroxylation sites is 1. The summed E-state index contributed by atoms with van der Waals surface area (Å²) in [6.07, 6.45) is 29.3. The first-order valence-corrected chi connectivity index (χ1v) is 25.8. The van der Waals surface area contributed by atoms with E-state index in [9.17, 15) is 0 Å². The second-order valence-electron chi connectivity index (χ2n) is 20.2. The van der Waals surface area contributed by atoms with Crippen molar-refractivity contribution >= 4 is 35.2 Å². The topological polar surface area (TPSA) is 3.24 Å². The molecule has 0 heterocycles. The van der Waals surface area contributed by atoms with Gasteiger partial charge in [0.15, 0.2) is 0 Å². The number of hydrogen-bond donors (Lipinski definition) is 0. The summed E-state index contributed by atoms with van der Waals surface area (Å²) < 4.78 is 0.